The molecule has 0 unspecified atom stereocenters. The fourth-order valence-corrected chi connectivity index (χ4v) is 1.19. The van der Waals surface area contributed by atoms with Gasteiger partial charge in [0.25, 0.3) is 6.43 Å². The number of carbonyl (C=O) groups is 1. The van der Waals surface area contributed by atoms with Crippen molar-refractivity contribution in [3.63, 3.8) is 0 Å². The van der Waals surface area contributed by atoms with E-state index >= 15 is 0 Å². The lowest BCUT2D eigenvalue weighted by Gasteiger charge is -2.08. The molecule has 0 amide bonds. The molecule has 0 aromatic carbocycles. The summed E-state index contributed by atoms with van der Waals surface area (Å²) in [5, 5.41) is 8.60. The maximum absolute atomic E-state index is 12.9. The number of nitriles is 1. The van der Waals surface area contributed by atoms with Crippen LogP contribution in [-0.2, 0) is 4.74 Å². The van der Waals surface area contributed by atoms with Gasteiger partial charge in [-0.3, -0.25) is 0 Å². The number of nitrogens with zero attached hydrogens (tertiary/aromatic N) is 2. The first-order valence-corrected chi connectivity index (χ1v) is 4.57. The van der Waals surface area contributed by atoms with Crippen molar-refractivity contribution < 1.29 is 22.7 Å². The summed E-state index contributed by atoms with van der Waals surface area (Å²) in [5.41, 5.74) is -2.40. The van der Waals surface area contributed by atoms with Gasteiger partial charge < -0.3 is 4.74 Å². The third kappa shape index (κ3) is 2.72. The number of hydrogen-bond acceptors (Lipinski definition) is 4. The molecule has 0 saturated heterocycles. The van der Waals surface area contributed by atoms with E-state index in [1.807, 2.05) is 0 Å². The minimum absolute atomic E-state index is 0.0679. The van der Waals surface area contributed by atoms with Crippen molar-refractivity contribution in [3.8, 4) is 6.07 Å². The smallest absolute Gasteiger partial charge is 0.357 e. The van der Waals surface area contributed by atoms with Crippen LogP contribution >= 0.6 is 0 Å². The third-order valence-corrected chi connectivity index (χ3v) is 1.83. The fraction of sp³-hybridized carbons (Fsp3) is 0.300. The summed E-state index contributed by atoms with van der Waals surface area (Å²) in [6.07, 6.45) is -3.11. The first-order chi connectivity index (χ1) is 8.01. The SMILES string of the molecule is CCOC(=O)c1nc(F)cc(C#N)c1C(F)F. The van der Waals surface area contributed by atoms with Crippen LogP contribution in [-0.4, -0.2) is 17.6 Å². The molecule has 1 aromatic heterocycles. The lowest BCUT2D eigenvalue weighted by atomic mass is 10.1. The van der Waals surface area contributed by atoms with Gasteiger partial charge in [-0.1, -0.05) is 0 Å². The predicted molar refractivity (Wildman–Crippen MR) is 49.8 cm³/mol. The molecular weight excluding hydrogens is 237 g/mol. The second kappa shape index (κ2) is 5.30. The highest BCUT2D eigenvalue weighted by Crippen LogP contribution is 2.26. The van der Waals surface area contributed by atoms with E-state index in [1.165, 1.54) is 13.0 Å². The Hall–Kier alpha value is -2.10. The highest BCUT2D eigenvalue weighted by atomic mass is 19.3. The zero-order valence-corrected chi connectivity index (χ0v) is 8.71. The molecule has 7 heteroatoms. The van der Waals surface area contributed by atoms with E-state index in [0.29, 0.717) is 6.07 Å². The highest BCUT2D eigenvalue weighted by Gasteiger charge is 2.26. The van der Waals surface area contributed by atoms with Gasteiger partial charge in [-0.05, 0) is 6.92 Å². The van der Waals surface area contributed by atoms with Crippen molar-refractivity contribution >= 4 is 5.97 Å². The van der Waals surface area contributed by atoms with Gasteiger partial charge in [0.15, 0.2) is 5.69 Å². The quantitative estimate of drug-likeness (QED) is 0.604. The zero-order chi connectivity index (χ0) is 13.0. The number of pyridine rings is 1. The summed E-state index contributed by atoms with van der Waals surface area (Å²) in [7, 11) is 0. The van der Waals surface area contributed by atoms with Crippen LogP contribution < -0.4 is 0 Å². The van der Waals surface area contributed by atoms with Crippen molar-refractivity contribution in [3.05, 3.63) is 28.8 Å². The molecule has 0 bridgehead atoms. The van der Waals surface area contributed by atoms with E-state index in [1.54, 1.807) is 0 Å². The lowest BCUT2D eigenvalue weighted by molar-refractivity contribution is 0.0505. The normalized spacial score (nSPS) is 10.1. The largest absolute Gasteiger partial charge is 0.461 e. The molecule has 0 N–H and O–H groups in total. The molecule has 0 saturated carbocycles. The Balaban J connectivity index is 3.42. The Morgan fingerprint density at radius 2 is 2.29 bits per heavy atom. The predicted octanol–water partition coefficient (Wildman–Crippen LogP) is 2.21. The third-order valence-electron chi connectivity index (χ3n) is 1.83. The van der Waals surface area contributed by atoms with Crippen LogP contribution in [0.3, 0.4) is 0 Å². The van der Waals surface area contributed by atoms with E-state index in [-0.39, 0.29) is 6.61 Å². The standard InChI is InChI=1S/C10H7F3N2O2/c1-2-17-10(16)8-7(9(12)13)5(4-14)3-6(11)15-8/h3,9H,2H2,1H3. The summed E-state index contributed by atoms with van der Waals surface area (Å²) >= 11 is 0. The van der Waals surface area contributed by atoms with Crippen LogP contribution in [0.4, 0.5) is 13.2 Å². The van der Waals surface area contributed by atoms with Gasteiger partial charge in [0.2, 0.25) is 5.95 Å². The molecule has 0 fully saturated rings. The summed E-state index contributed by atoms with van der Waals surface area (Å²) in [4.78, 5) is 14.3. The maximum Gasteiger partial charge on any atom is 0.357 e. The number of esters is 1. The summed E-state index contributed by atoms with van der Waals surface area (Å²) < 4.78 is 42.8. The van der Waals surface area contributed by atoms with Crippen molar-refractivity contribution in [2.45, 2.75) is 13.3 Å². The molecule has 1 rings (SSSR count). The number of halogens is 3. The van der Waals surface area contributed by atoms with E-state index in [2.05, 4.69) is 9.72 Å². The summed E-state index contributed by atoms with van der Waals surface area (Å²) in [5.74, 6) is -2.37. The average molecular weight is 244 g/mol. The number of carbonyl (C=O) groups excluding carboxylic acids is 1. The Labute approximate surface area is 94.6 Å². The van der Waals surface area contributed by atoms with Gasteiger partial charge in [-0.25, -0.2) is 18.6 Å². The fourth-order valence-electron chi connectivity index (χ4n) is 1.19. The summed E-state index contributed by atoms with van der Waals surface area (Å²) in [6, 6.07) is 1.93. The topological polar surface area (TPSA) is 63.0 Å². The van der Waals surface area contributed by atoms with Gasteiger partial charge >= 0.3 is 5.97 Å². The van der Waals surface area contributed by atoms with Gasteiger partial charge in [0.05, 0.1) is 23.8 Å². The van der Waals surface area contributed by atoms with Crippen LogP contribution in [0.2, 0.25) is 0 Å². The van der Waals surface area contributed by atoms with Gasteiger partial charge in [-0.15, -0.1) is 0 Å². The Morgan fingerprint density at radius 1 is 1.65 bits per heavy atom. The van der Waals surface area contributed by atoms with Crippen LogP contribution in [0.5, 0.6) is 0 Å². The molecule has 1 heterocycles. The Morgan fingerprint density at radius 3 is 2.76 bits per heavy atom. The number of rotatable bonds is 3. The molecule has 0 radical (unpaired) electrons. The zero-order valence-electron chi connectivity index (χ0n) is 8.71. The van der Waals surface area contributed by atoms with E-state index < -0.39 is 35.2 Å². The van der Waals surface area contributed by atoms with E-state index in [9.17, 15) is 18.0 Å². The number of alkyl halides is 2. The van der Waals surface area contributed by atoms with Crippen LogP contribution in [0.1, 0.15) is 35.0 Å². The van der Waals surface area contributed by atoms with E-state index in [4.69, 9.17) is 5.26 Å². The number of aromatic nitrogens is 1. The van der Waals surface area contributed by atoms with Gasteiger partial charge in [-0.2, -0.15) is 9.65 Å². The molecule has 0 aliphatic rings. The number of hydrogen-bond donors (Lipinski definition) is 0. The van der Waals surface area contributed by atoms with Crippen molar-refractivity contribution in [1.29, 1.82) is 5.26 Å². The Kier molecular flexibility index (Phi) is 4.04. The molecule has 4 nitrogen and oxygen atoms in total. The first-order valence-electron chi connectivity index (χ1n) is 4.57. The summed E-state index contributed by atoms with van der Waals surface area (Å²) in [6.45, 7) is 1.39. The molecule has 0 spiro atoms. The molecule has 0 atom stereocenters. The average Bonchev–Trinajstić information content (AvgIpc) is 2.27. The maximum atomic E-state index is 12.9. The molecule has 1 aromatic rings. The van der Waals surface area contributed by atoms with Crippen LogP contribution in [0, 0.1) is 17.3 Å². The second-order valence-corrected chi connectivity index (χ2v) is 2.89. The molecular formula is C10H7F3N2O2. The van der Waals surface area contributed by atoms with Crippen LogP contribution in [0.25, 0.3) is 0 Å². The minimum Gasteiger partial charge on any atom is -0.461 e. The molecule has 0 aliphatic carbocycles. The second-order valence-electron chi connectivity index (χ2n) is 2.89. The molecule has 0 aliphatic heterocycles. The van der Waals surface area contributed by atoms with Crippen LogP contribution in [0.15, 0.2) is 6.07 Å². The minimum atomic E-state index is -3.11. The first kappa shape index (κ1) is 13.0. The van der Waals surface area contributed by atoms with E-state index in [0.717, 1.165) is 0 Å². The van der Waals surface area contributed by atoms with Gasteiger partial charge in [0, 0.05) is 6.07 Å². The van der Waals surface area contributed by atoms with Gasteiger partial charge in [0.1, 0.15) is 0 Å². The van der Waals surface area contributed by atoms with Crippen molar-refractivity contribution in [2.75, 3.05) is 6.61 Å². The number of ether oxygens (including phenoxy) is 1. The lowest BCUT2D eigenvalue weighted by Crippen LogP contribution is -2.13. The van der Waals surface area contributed by atoms with Crippen molar-refractivity contribution in [1.82, 2.24) is 4.98 Å². The monoisotopic (exact) mass is 244 g/mol. The highest BCUT2D eigenvalue weighted by molar-refractivity contribution is 5.89. The molecule has 90 valence electrons. The molecule has 17 heavy (non-hydrogen) atoms. The Bertz CT molecular complexity index is 483. The van der Waals surface area contributed by atoms with Crippen molar-refractivity contribution in [2.24, 2.45) is 0 Å².